The highest BCUT2D eigenvalue weighted by Gasteiger charge is 2.18. The molecule has 88 valence electrons. The van der Waals surface area contributed by atoms with Gasteiger partial charge in [-0.15, -0.1) is 6.58 Å². The van der Waals surface area contributed by atoms with Crippen molar-refractivity contribution in [1.82, 2.24) is 10.2 Å². The predicted octanol–water partition coefficient (Wildman–Crippen LogP) is 2.42. The van der Waals surface area contributed by atoms with Crippen LogP contribution in [-0.4, -0.2) is 37.6 Å². The van der Waals surface area contributed by atoms with Crippen molar-refractivity contribution in [3.8, 4) is 0 Å². The molecule has 0 aromatic carbocycles. The third-order valence-electron chi connectivity index (χ3n) is 3.35. The van der Waals surface area contributed by atoms with Gasteiger partial charge in [-0.2, -0.15) is 0 Å². The predicted molar refractivity (Wildman–Crippen MR) is 67.2 cm³/mol. The zero-order valence-corrected chi connectivity index (χ0v) is 10.2. The number of likely N-dealkylation sites (N-methyl/N-ethyl adjacent to an activating group) is 1. The molecule has 0 aromatic heterocycles. The van der Waals surface area contributed by atoms with Crippen LogP contribution in [0, 0.1) is 0 Å². The third-order valence-corrected chi connectivity index (χ3v) is 3.35. The van der Waals surface area contributed by atoms with Crippen molar-refractivity contribution >= 4 is 0 Å². The van der Waals surface area contributed by atoms with Gasteiger partial charge in [0, 0.05) is 19.1 Å². The van der Waals surface area contributed by atoms with Crippen LogP contribution in [0.4, 0.5) is 0 Å². The average Bonchev–Trinajstić information content (AvgIpc) is 2.76. The van der Waals surface area contributed by atoms with Crippen LogP contribution in [0.15, 0.2) is 12.7 Å². The first-order valence-electron chi connectivity index (χ1n) is 6.36. The third kappa shape index (κ3) is 5.33. The minimum absolute atomic E-state index is 0.861. The Bertz CT molecular complexity index is 162. The maximum atomic E-state index is 3.72. The van der Waals surface area contributed by atoms with Gasteiger partial charge >= 0.3 is 0 Å². The smallest absolute Gasteiger partial charge is 0.0107 e. The van der Waals surface area contributed by atoms with E-state index < -0.39 is 0 Å². The van der Waals surface area contributed by atoms with E-state index in [-0.39, 0.29) is 0 Å². The van der Waals surface area contributed by atoms with Gasteiger partial charge in [0.2, 0.25) is 0 Å². The minimum atomic E-state index is 0.861. The second-order valence-electron chi connectivity index (χ2n) is 4.60. The molecule has 1 N–H and O–H groups in total. The van der Waals surface area contributed by atoms with Crippen LogP contribution in [0.1, 0.15) is 38.5 Å². The first-order valence-corrected chi connectivity index (χ1v) is 6.36. The molecule has 2 heteroatoms. The Labute approximate surface area is 94.7 Å². The van der Waals surface area contributed by atoms with Crippen molar-refractivity contribution in [3.05, 3.63) is 12.7 Å². The van der Waals surface area contributed by atoms with E-state index >= 15 is 0 Å². The summed E-state index contributed by atoms with van der Waals surface area (Å²) in [4.78, 5) is 2.52. The van der Waals surface area contributed by atoms with E-state index in [1.807, 2.05) is 6.08 Å². The molecule has 1 aliphatic rings. The number of hydrogen-bond donors (Lipinski definition) is 1. The second-order valence-corrected chi connectivity index (χ2v) is 4.60. The van der Waals surface area contributed by atoms with E-state index in [2.05, 4.69) is 23.8 Å². The molecule has 15 heavy (non-hydrogen) atoms. The summed E-state index contributed by atoms with van der Waals surface area (Å²) in [5.41, 5.74) is 0. The molecule has 0 aliphatic heterocycles. The maximum absolute atomic E-state index is 3.72. The van der Waals surface area contributed by atoms with Gasteiger partial charge in [0.15, 0.2) is 0 Å². The van der Waals surface area contributed by atoms with Crippen LogP contribution < -0.4 is 5.32 Å². The van der Waals surface area contributed by atoms with Gasteiger partial charge in [0.25, 0.3) is 0 Å². The average molecular weight is 210 g/mol. The lowest BCUT2D eigenvalue weighted by molar-refractivity contribution is 0.245. The molecule has 1 fully saturated rings. The highest BCUT2D eigenvalue weighted by molar-refractivity contribution is 4.75. The quantitative estimate of drug-likeness (QED) is 0.489. The van der Waals surface area contributed by atoms with Gasteiger partial charge in [-0.1, -0.05) is 18.9 Å². The molecule has 2 nitrogen and oxygen atoms in total. The topological polar surface area (TPSA) is 15.3 Å². The Kier molecular flexibility index (Phi) is 6.69. The zero-order valence-electron chi connectivity index (χ0n) is 10.2. The number of nitrogens with zero attached hydrogens (tertiary/aromatic N) is 1. The monoisotopic (exact) mass is 210 g/mol. The lowest BCUT2D eigenvalue weighted by Crippen LogP contribution is -2.35. The summed E-state index contributed by atoms with van der Waals surface area (Å²) in [5, 5.41) is 3.49. The molecule has 0 aromatic rings. The molecule has 0 amide bonds. The zero-order chi connectivity index (χ0) is 10.9. The Morgan fingerprint density at radius 3 is 2.73 bits per heavy atom. The SMILES string of the molecule is C=CCCCNCCN(C)C1CCCC1. The van der Waals surface area contributed by atoms with E-state index in [1.54, 1.807) is 0 Å². The summed E-state index contributed by atoms with van der Waals surface area (Å²) < 4.78 is 0. The summed E-state index contributed by atoms with van der Waals surface area (Å²) in [7, 11) is 2.27. The Morgan fingerprint density at radius 1 is 1.33 bits per heavy atom. The lowest BCUT2D eigenvalue weighted by atomic mass is 10.2. The molecule has 1 saturated carbocycles. The van der Waals surface area contributed by atoms with E-state index in [0.717, 1.165) is 25.6 Å². The fraction of sp³-hybridized carbons (Fsp3) is 0.846. The van der Waals surface area contributed by atoms with Crippen molar-refractivity contribution in [1.29, 1.82) is 0 Å². The molecule has 1 aliphatic carbocycles. The van der Waals surface area contributed by atoms with Crippen LogP contribution in [0.25, 0.3) is 0 Å². The van der Waals surface area contributed by atoms with Crippen LogP contribution in [0.2, 0.25) is 0 Å². The number of hydrogen-bond acceptors (Lipinski definition) is 2. The second kappa shape index (κ2) is 7.89. The molecule has 0 unspecified atom stereocenters. The van der Waals surface area contributed by atoms with Gasteiger partial charge in [0.05, 0.1) is 0 Å². The largest absolute Gasteiger partial charge is 0.315 e. The molecular weight excluding hydrogens is 184 g/mol. The summed E-state index contributed by atoms with van der Waals surface area (Å²) in [6.07, 6.45) is 10.0. The van der Waals surface area contributed by atoms with Crippen molar-refractivity contribution in [2.45, 2.75) is 44.6 Å². The molecule has 0 spiro atoms. The fourth-order valence-electron chi connectivity index (χ4n) is 2.28. The summed E-state index contributed by atoms with van der Waals surface area (Å²) in [6, 6.07) is 0.861. The van der Waals surface area contributed by atoms with Crippen molar-refractivity contribution < 1.29 is 0 Å². The van der Waals surface area contributed by atoms with E-state index in [0.29, 0.717) is 0 Å². The fourth-order valence-corrected chi connectivity index (χ4v) is 2.28. The highest BCUT2D eigenvalue weighted by Crippen LogP contribution is 2.21. The molecule has 0 heterocycles. The van der Waals surface area contributed by atoms with Crippen molar-refractivity contribution in [3.63, 3.8) is 0 Å². The maximum Gasteiger partial charge on any atom is 0.0107 e. The van der Waals surface area contributed by atoms with E-state index in [9.17, 15) is 0 Å². The highest BCUT2D eigenvalue weighted by atomic mass is 15.1. The molecule has 0 radical (unpaired) electrons. The van der Waals surface area contributed by atoms with Crippen molar-refractivity contribution in [2.24, 2.45) is 0 Å². The molecule has 0 bridgehead atoms. The van der Waals surface area contributed by atoms with Crippen molar-refractivity contribution in [2.75, 3.05) is 26.7 Å². The summed E-state index contributed by atoms with van der Waals surface area (Å²) in [6.45, 7) is 7.17. The Hall–Kier alpha value is -0.340. The molecule has 0 atom stereocenters. The summed E-state index contributed by atoms with van der Waals surface area (Å²) in [5.74, 6) is 0. The summed E-state index contributed by atoms with van der Waals surface area (Å²) >= 11 is 0. The normalized spacial score (nSPS) is 17.5. The van der Waals surface area contributed by atoms with Gasteiger partial charge in [-0.25, -0.2) is 0 Å². The van der Waals surface area contributed by atoms with Gasteiger partial charge in [0.1, 0.15) is 0 Å². The first-order chi connectivity index (χ1) is 7.34. The van der Waals surface area contributed by atoms with Gasteiger partial charge < -0.3 is 10.2 Å². The Morgan fingerprint density at radius 2 is 2.07 bits per heavy atom. The van der Waals surface area contributed by atoms with Gasteiger partial charge in [-0.3, -0.25) is 0 Å². The van der Waals surface area contributed by atoms with Crippen LogP contribution in [0.3, 0.4) is 0 Å². The minimum Gasteiger partial charge on any atom is -0.315 e. The Balaban J connectivity index is 1.92. The molecule has 1 rings (SSSR count). The van der Waals surface area contributed by atoms with Gasteiger partial charge in [-0.05, 0) is 39.3 Å². The van der Waals surface area contributed by atoms with Crippen LogP contribution in [0.5, 0.6) is 0 Å². The first kappa shape index (κ1) is 12.7. The number of allylic oxidation sites excluding steroid dienone is 1. The number of unbranched alkanes of at least 4 members (excludes halogenated alkanes) is 1. The van der Waals surface area contributed by atoms with E-state index in [4.69, 9.17) is 0 Å². The van der Waals surface area contributed by atoms with E-state index in [1.165, 1.54) is 38.6 Å². The molecule has 0 saturated heterocycles. The lowest BCUT2D eigenvalue weighted by Gasteiger charge is -2.23. The van der Waals surface area contributed by atoms with Crippen LogP contribution in [-0.2, 0) is 0 Å². The number of nitrogens with one attached hydrogen (secondary N) is 1. The standard InChI is InChI=1S/C13H26N2/c1-3-4-7-10-14-11-12-15(2)13-8-5-6-9-13/h3,13-14H,1,4-12H2,2H3. The molecular formula is C13H26N2. The van der Waals surface area contributed by atoms with Crippen LogP contribution >= 0.6 is 0 Å². The number of rotatable bonds is 8.